The third-order valence-electron chi connectivity index (χ3n) is 8.21. The second-order valence-electron chi connectivity index (χ2n) is 10.2. The van der Waals surface area contributed by atoms with Crippen LogP contribution in [0.2, 0.25) is 0 Å². The quantitative estimate of drug-likeness (QED) is 0.609. The lowest BCUT2D eigenvalue weighted by Crippen LogP contribution is -2.53. The Morgan fingerprint density at radius 2 is 1.03 bits per heavy atom. The Kier molecular flexibility index (Phi) is 8.73. The maximum absolute atomic E-state index is 13.0. The van der Waals surface area contributed by atoms with E-state index in [-0.39, 0.29) is 11.8 Å². The van der Waals surface area contributed by atoms with Crippen LogP contribution < -0.4 is 0 Å². The van der Waals surface area contributed by atoms with Crippen LogP contribution in [0.3, 0.4) is 0 Å². The molecule has 2 saturated carbocycles. The van der Waals surface area contributed by atoms with Crippen molar-refractivity contribution < 1.29 is 9.59 Å². The van der Waals surface area contributed by atoms with E-state index in [9.17, 15) is 20.1 Å². The Bertz CT molecular complexity index is 709. The van der Waals surface area contributed by atoms with Crippen molar-refractivity contribution in [3.8, 4) is 12.1 Å². The fourth-order valence-electron chi connectivity index (χ4n) is 5.73. The summed E-state index contributed by atoms with van der Waals surface area (Å²) in [5, 5.41) is 19.6. The van der Waals surface area contributed by atoms with E-state index in [0.29, 0.717) is 13.1 Å². The molecule has 0 spiro atoms. The number of amides is 2. The Hall–Kier alpha value is -2.16. The lowest BCUT2D eigenvalue weighted by molar-refractivity contribution is -0.137. The molecule has 1 aliphatic heterocycles. The number of nitriles is 2. The van der Waals surface area contributed by atoms with Crippen molar-refractivity contribution in [1.82, 2.24) is 19.6 Å². The first-order chi connectivity index (χ1) is 15.9. The number of hydrogen-bond donors (Lipinski definition) is 0. The third-order valence-corrected chi connectivity index (χ3v) is 8.21. The fraction of sp³-hybridized carbons (Fsp3) is 0.840. The zero-order valence-electron chi connectivity index (χ0n) is 20.5. The molecule has 0 radical (unpaired) electrons. The average molecular weight is 457 g/mol. The van der Waals surface area contributed by atoms with E-state index in [1.54, 1.807) is 23.9 Å². The van der Waals surface area contributed by atoms with Gasteiger partial charge in [0.2, 0.25) is 11.8 Å². The summed E-state index contributed by atoms with van der Waals surface area (Å²) in [6.07, 6.45) is 10.2. The first-order valence-corrected chi connectivity index (χ1v) is 12.7. The van der Waals surface area contributed by atoms with E-state index in [1.807, 2.05) is 0 Å². The number of carbonyl (C=O) groups excluding carboxylic acids is 2. The van der Waals surface area contributed by atoms with Crippen molar-refractivity contribution in [2.75, 3.05) is 53.4 Å². The molecule has 8 nitrogen and oxygen atoms in total. The summed E-state index contributed by atoms with van der Waals surface area (Å²) in [5.41, 5.74) is -1.31. The SMILES string of the molecule is CN(C(=O)CN1CCCN(CC(=O)N(C)C2(C#N)CCCCC2)CC1)C1(C#N)CCCCC1. The molecule has 2 aliphatic carbocycles. The molecular formula is C25H40N6O2. The smallest absolute Gasteiger partial charge is 0.237 e. The molecule has 33 heavy (non-hydrogen) atoms. The van der Waals surface area contributed by atoms with Gasteiger partial charge in [-0.1, -0.05) is 38.5 Å². The highest BCUT2D eigenvalue weighted by atomic mass is 16.2. The van der Waals surface area contributed by atoms with Gasteiger partial charge in [0.1, 0.15) is 11.1 Å². The Morgan fingerprint density at radius 3 is 1.36 bits per heavy atom. The monoisotopic (exact) mass is 456 g/mol. The fourth-order valence-corrected chi connectivity index (χ4v) is 5.73. The molecular weight excluding hydrogens is 416 g/mol. The molecule has 3 aliphatic rings. The van der Waals surface area contributed by atoms with Crippen LogP contribution in [0, 0.1) is 22.7 Å². The van der Waals surface area contributed by atoms with Gasteiger partial charge in [-0.2, -0.15) is 10.5 Å². The summed E-state index contributed by atoms with van der Waals surface area (Å²) < 4.78 is 0. The summed E-state index contributed by atoms with van der Waals surface area (Å²) >= 11 is 0. The second kappa shape index (κ2) is 11.3. The van der Waals surface area contributed by atoms with E-state index in [0.717, 1.165) is 96.8 Å². The zero-order chi connectivity index (χ0) is 23.9. The maximum Gasteiger partial charge on any atom is 0.237 e. The molecule has 0 aromatic rings. The summed E-state index contributed by atoms with van der Waals surface area (Å²) in [5.74, 6) is 0.0203. The van der Waals surface area contributed by atoms with Crippen LogP contribution in [0.4, 0.5) is 0 Å². The first kappa shape index (κ1) is 25.5. The predicted molar refractivity (Wildman–Crippen MR) is 126 cm³/mol. The number of carbonyl (C=O) groups is 2. The van der Waals surface area contributed by atoms with Crippen molar-refractivity contribution in [3.05, 3.63) is 0 Å². The number of hydrogen-bond acceptors (Lipinski definition) is 6. The first-order valence-electron chi connectivity index (χ1n) is 12.7. The standard InChI is InChI=1S/C25H40N6O2/c1-28(24(20-26)10-5-3-6-11-24)22(32)18-30-14-9-15-31(17-16-30)19-23(33)29(2)25(21-27)12-7-4-8-13-25/h3-19H2,1-2H3. The van der Waals surface area contributed by atoms with Crippen LogP contribution >= 0.6 is 0 Å². The molecule has 3 fully saturated rings. The minimum atomic E-state index is -0.653. The van der Waals surface area contributed by atoms with E-state index in [1.165, 1.54) is 0 Å². The number of nitrogens with zero attached hydrogens (tertiary/aromatic N) is 6. The Morgan fingerprint density at radius 1 is 0.667 bits per heavy atom. The second-order valence-corrected chi connectivity index (χ2v) is 10.2. The van der Waals surface area contributed by atoms with E-state index >= 15 is 0 Å². The van der Waals surface area contributed by atoms with Gasteiger partial charge in [0, 0.05) is 27.2 Å². The third kappa shape index (κ3) is 5.86. The van der Waals surface area contributed by atoms with Crippen LogP contribution in [-0.2, 0) is 9.59 Å². The molecule has 1 saturated heterocycles. The van der Waals surface area contributed by atoms with Crippen molar-refractivity contribution in [3.63, 3.8) is 0 Å². The maximum atomic E-state index is 13.0. The van der Waals surface area contributed by atoms with E-state index in [4.69, 9.17) is 0 Å². The molecule has 0 unspecified atom stereocenters. The topological polar surface area (TPSA) is 94.7 Å². The van der Waals surface area contributed by atoms with Crippen LogP contribution in [0.15, 0.2) is 0 Å². The van der Waals surface area contributed by atoms with Gasteiger partial charge >= 0.3 is 0 Å². The van der Waals surface area contributed by atoms with Gasteiger partial charge in [-0.25, -0.2) is 0 Å². The largest absolute Gasteiger partial charge is 0.326 e. The molecule has 182 valence electrons. The zero-order valence-corrected chi connectivity index (χ0v) is 20.5. The summed E-state index contributed by atoms with van der Waals surface area (Å²) in [4.78, 5) is 33.7. The number of rotatable bonds is 6. The lowest BCUT2D eigenvalue weighted by Gasteiger charge is -2.40. The molecule has 2 amide bonds. The van der Waals surface area contributed by atoms with E-state index in [2.05, 4.69) is 21.9 Å². The van der Waals surface area contributed by atoms with Gasteiger partial charge in [0.15, 0.2) is 0 Å². The molecule has 3 rings (SSSR count). The highest BCUT2D eigenvalue weighted by Gasteiger charge is 2.40. The molecule has 0 aromatic carbocycles. The lowest BCUT2D eigenvalue weighted by atomic mass is 9.81. The average Bonchev–Trinajstić information content (AvgIpc) is 3.08. The van der Waals surface area contributed by atoms with Gasteiger partial charge in [0.05, 0.1) is 25.2 Å². The molecule has 8 heteroatoms. The van der Waals surface area contributed by atoms with Crippen LogP contribution in [0.1, 0.15) is 70.6 Å². The van der Waals surface area contributed by atoms with Gasteiger partial charge in [-0.3, -0.25) is 19.4 Å². The van der Waals surface area contributed by atoms with Crippen molar-refractivity contribution >= 4 is 11.8 Å². The van der Waals surface area contributed by atoms with Crippen LogP contribution in [-0.4, -0.2) is 95.9 Å². The predicted octanol–water partition coefficient (Wildman–Crippen LogP) is 2.36. The summed E-state index contributed by atoms with van der Waals surface area (Å²) in [6.45, 7) is 3.70. The Labute approximate surface area is 199 Å². The number of likely N-dealkylation sites (N-methyl/N-ethyl adjacent to an activating group) is 2. The van der Waals surface area contributed by atoms with Crippen molar-refractivity contribution in [1.29, 1.82) is 10.5 Å². The molecule has 0 bridgehead atoms. The normalized spacial score (nSPS) is 23.5. The molecule has 0 atom stereocenters. The van der Waals surface area contributed by atoms with E-state index < -0.39 is 11.1 Å². The van der Waals surface area contributed by atoms with Crippen LogP contribution in [0.25, 0.3) is 0 Å². The Balaban J connectivity index is 1.51. The van der Waals surface area contributed by atoms with Crippen molar-refractivity contribution in [2.24, 2.45) is 0 Å². The van der Waals surface area contributed by atoms with Gasteiger partial charge < -0.3 is 9.80 Å². The molecule has 0 aromatic heterocycles. The van der Waals surface area contributed by atoms with Gasteiger partial charge in [0.25, 0.3) is 0 Å². The van der Waals surface area contributed by atoms with Gasteiger partial charge in [-0.15, -0.1) is 0 Å². The minimum absolute atomic E-state index is 0.0102. The minimum Gasteiger partial charge on any atom is -0.326 e. The van der Waals surface area contributed by atoms with Crippen molar-refractivity contribution in [2.45, 2.75) is 81.7 Å². The summed E-state index contributed by atoms with van der Waals surface area (Å²) in [7, 11) is 3.57. The molecule has 0 N–H and O–H groups in total. The summed E-state index contributed by atoms with van der Waals surface area (Å²) in [6, 6.07) is 4.87. The molecule has 1 heterocycles. The highest BCUT2D eigenvalue weighted by Crippen LogP contribution is 2.33. The van der Waals surface area contributed by atoms with Gasteiger partial charge in [-0.05, 0) is 45.2 Å². The van der Waals surface area contributed by atoms with Crippen LogP contribution in [0.5, 0.6) is 0 Å². The highest BCUT2D eigenvalue weighted by molar-refractivity contribution is 5.80.